The number of allylic oxidation sites excluding steroid dienone is 2. The fourth-order valence-corrected chi connectivity index (χ4v) is 2.86. The number of nitrogens with zero attached hydrogens (tertiary/aromatic N) is 1. The van der Waals surface area contributed by atoms with Crippen LogP contribution in [0.2, 0.25) is 0 Å². The standard InChI is InChI=1S/C13H23NO/c15-11-13-8-4-5-9-14(13)10-12-6-2-1-3-7-12/h1-2,12-13,15H,3-11H2. The van der Waals surface area contributed by atoms with E-state index in [1.54, 1.807) is 0 Å². The smallest absolute Gasteiger partial charge is 0.0586 e. The van der Waals surface area contributed by atoms with Crippen LogP contribution in [0.3, 0.4) is 0 Å². The van der Waals surface area contributed by atoms with Gasteiger partial charge < -0.3 is 5.11 Å². The minimum atomic E-state index is 0.350. The Morgan fingerprint density at radius 3 is 2.87 bits per heavy atom. The van der Waals surface area contributed by atoms with E-state index >= 15 is 0 Å². The van der Waals surface area contributed by atoms with Crippen LogP contribution < -0.4 is 0 Å². The van der Waals surface area contributed by atoms with Crippen LogP contribution in [0.5, 0.6) is 0 Å². The van der Waals surface area contributed by atoms with E-state index in [0.717, 1.165) is 5.92 Å². The van der Waals surface area contributed by atoms with Crippen molar-refractivity contribution < 1.29 is 5.11 Å². The van der Waals surface area contributed by atoms with Gasteiger partial charge in [-0.2, -0.15) is 0 Å². The van der Waals surface area contributed by atoms with E-state index in [1.807, 2.05) is 0 Å². The molecular formula is C13H23NO. The third kappa shape index (κ3) is 3.05. The van der Waals surface area contributed by atoms with Crippen LogP contribution in [0.15, 0.2) is 12.2 Å². The molecule has 2 nitrogen and oxygen atoms in total. The first kappa shape index (κ1) is 11.2. The molecule has 2 atom stereocenters. The normalized spacial score (nSPS) is 33.1. The van der Waals surface area contributed by atoms with Gasteiger partial charge in [0.05, 0.1) is 6.61 Å². The monoisotopic (exact) mass is 209 g/mol. The molecule has 0 radical (unpaired) electrons. The van der Waals surface area contributed by atoms with Gasteiger partial charge in [-0.25, -0.2) is 0 Å². The zero-order valence-corrected chi connectivity index (χ0v) is 9.57. The maximum atomic E-state index is 9.34. The van der Waals surface area contributed by atoms with Gasteiger partial charge in [0.15, 0.2) is 0 Å². The highest BCUT2D eigenvalue weighted by molar-refractivity contribution is 4.91. The Bertz CT molecular complexity index is 215. The fraction of sp³-hybridized carbons (Fsp3) is 0.846. The first-order valence-corrected chi connectivity index (χ1v) is 6.40. The lowest BCUT2D eigenvalue weighted by Crippen LogP contribution is -2.44. The van der Waals surface area contributed by atoms with Crippen molar-refractivity contribution in [2.75, 3.05) is 19.7 Å². The lowest BCUT2D eigenvalue weighted by molar-refractivity contribution is 0.0745. The van der Waals surface area contributed by atoms with Crippen LogP contribution in [0.4, 0.5) is 0 Å². The van der Waals surface area contributed by atoms with E-state index in [2.05, 4.69) is 17.1 Å². The second-order valence-electron chi connectivity index (χ2n) is 4.98. The maximum absolute atomic E-state index is 9.34. The van der Waals surface area contributed by atoms with Crippen molar-refractivity contribution in [1.82, 2.24) is 4.90 Å². The van der Waals surface area contributed by atoms with Crippen molar-refractivity contribution in [3.05, 3.63) is 12.2 Å². The highest BCUT2D eigenvalue weighted by Crippen LogP contribution is 2.23. The van der Waals surface area contributed by atoms with Gasteiger partial charge in [-0.3, -0.25) is 4.90 Å². The Morgan fingerprint density at radius 2 is 2.13 bits per heavy atom. The van der Waals surface area contributed by atoms with Gasteiger partial charge in [0, 0.05) is 12.6 Å². The summed E-state index contributed by atoms with van der Waals surface area (Å²) in [5.41, 5.74) is 0. The second kappa shape index (κ2) is 5.66. The molecule has 1 N–H and O–H groups in total. The molecule has 1 aliphatic heterocycles. The molecule has 0 amide bonds. The summed E-state index contributed by atoms with van der Waals surface area (Å²) in [7, 11) is 0. The molecule has 86 valence electrons. The lowest BCUT2D eigenvalue weighted by atomic mass is 9.92. The molecule has 0 bridgehead atoms. The predicted molar refractivity (Wildman–Crippen MR) is 62.8 cm³/mol. The van der Waals surface area contributed by atoms with E-state index in [0.29, 0.717) is 12.6 Å². The van der Waals surface area contributed by atoms with Crippen LogP contribution in [0.25, 0.3) is 0 Å². The van der Waals surface area contributed by atoms with Crippen LogP contribution in [0, 0.1) is 5.92 Å². The zero-order valence-electron chi connectivity index (χ0n) is 9.57. The summed E-state index contributed by atoms with van der Waals surface area (Å²) in [6.45, 7) is 2.75. The van der Waals surface area contributed by atoms with Gasteiger partial charge in [0.2, 0.25) is 0 Å². The quantitative estimate of drug-likeness (QED) is 0.720. The Kier molecular flexibility index (Phi) is 4.21. The molecule has 0 aromatic rings. The highest BCUT2D eigenvalue weighted by Gasteiger charge is 2.24. The molecule has 1 heterocycles. The number of rotatable bonds is 3. The van der Waals surface area contributed by atoms with Gasteiger partial charge in [-0.15, -0.1) is 0 Å². The fourth-order valence-electron chi connectivity index (χ4n) is 2.86. The Hall–Kier alpha value is -0.340. The molecule has 0 aromatic carbocycles. The van der Waals surface area contributed by atoms with E-state index in [4.69, 9.17) is 0 Å². The number of piperidine rings is 1. The average molecular weight is 209 g/mol. The lowest BCUT2D eigenvalue weighted by Gasteiger charge is -2.37. The highest BCUT2D eigenvalue weighted by atomic mass is 16.3. The number of hydrogen-bond acceptors (Lipinski definition) is 2. The van der Waals surface area contributed by atoms with Crippen molar-refractivity contribution in [3.8, 4) is 0 Å². The van der Waals surface area contributed by atoms with Crippen LogP contribution in [-0.2, 0) is 0 Å². The molecule has 2 rings (SSSR count). The molecule has 2 heteroatoms. The largest absolute Gasteiger partial charge is 0.395 e. The Morgan fingerprint density at radius 1 is 1.20 bits per heavy atom. The Labute approximate surface area is 93.0 Å². The molecule has 2 unspecified atom stereocenters. The average Bonchev–Trinajstić information content (AvgIpc) is 2.31. The zero-order chi connectivity index (χ0) is 10.5. The number of likely N-dealkylation sites (tertiary alicyclic amines) is 1. The molecule has 0 aromatic heterocycles. The van der Waals surface area contributed by atoms with Crippen LogP contribution in [0.1, 0.15) is 38.5 Å². The SMILES string of the molecule is OCC1CCCCN1CC1CC=CCC1. The summed E-state index contributed by atoms with van der Waals surface area (Å²) < 4.78 is 0. The summed E-state index contributed by atoms with van der Waals surface area (Å²) in [6.07, 6.45) is 12.3. The van der Waals surface area contributed by atoms with E-state index in [9.17, 15) is 5.11 Å². The summed E-state index contributed by atoms with van der Waals surface area (Å²) in [6, 6.07) is 0.449. The second-order valence-corrected chi connectivity index (χ2v) is 4.98. The van der Waals surface area contributed by atoms with E-state index < -0.39 is 0 Å². The van der Waals surface area contributed by atoms with E-state index in [-0.39, 0.29) is 0 Å². The molecule has 1 saturated heterocycles. The molecule has 2 aliphatic rings. The van der Waals surface area contributed by atoms with Crippen molar-refractivity contribution in [2.45, 2.75) is 44.6 Å². The number of hydrogen-bond donors (Lipinski definition) is 1. The Balaban J connectivity index is 1.83. The minimum Gasteiger partial charge on any atom is -0.395 e. The third-order valence-electron chi connectivity index (χ3n) is 3.83. The van der Waals surface area contributed by atoms with Crippen LogP contribution >= 0.6 is 0 Å². The predicted octanol–water partition coefficient (Wildman–Crippen LogP) is 2.19. The summed E-state index contributed by atoms with van der Waals surface area (Å²) in [5, 5.41) is 9.34. The minimum absolute atomic E-state index is 0.350. The maximum Gasteiger partial charge on any atom is 0.0586 e. The third-order valence-corrected chi connectivity index (χ3v) is 3.83. The van der Waals surface area contributed by atoms with E-state index in [1.165, 1.54) is 51.6 Å². The van der Waals surface area contributed by atoms with Gasteiger partial charge in [0.1, 0.15) is 0 Å². The molecule has 1 fully saturated rings. The van der Waals surface area contributed by atoms with Gasteiger partial charge in [0.25, 0.3) is 0 Å². The topological polar surface area (TPSA) is 23.5 Å². The van der Waals surface area contributed by atoms with Gasteiger partial charge in [-0.05, 0) is 44.6 Å². The first-order chi connectivity index (χ1) is 7.40. The molecule has 1 aliphatic carbocycles. The first-order valence-electron chi connectivity index (χ1n) is 6.40. The summed E-state index contributed by atoms with van der Waals surface area (Å²) in [4.78, 5) is 2.52. The molecular weight excluding hydrogens is 186 g/mol. The summed E-state index contributed by atoms with van der Waals surface area (Å²) >= 11 is 0. The van der Waals surface area contributed by atoms with Crippen molar-refractivity contribution >= 4 is 0 Å². The molecule has 0 spiro atoms. The number of aliphatic hydroxyl groups excluding tert-OH is 1. The summed E-state index contributed by atoms with van der Waals surface area (Å²) in [5.74, 6) is 0.835. The van der Waals surface area contributed by atoms with Gasteiger partial charge >= 0.3 is 0 Å². The van der Waals surface area contributed by atoms with Crippen molar-refractivity contribution in [3.63, 3.8) is 0 Å². The van der Waals surface area contributed by atoms with Crippen molar-refractivity contribution in [2.24, 2.45) is 5.92 Å². The molecule has 0 saturated carbocycles. The van der Waals surface area contributed by atoms with Gasteiger partial charge in [-0.1, -0.05) is 18.6 Å². The van der Waals surface area contributed by atoms with Crippen molar-refractivity contribution in [1.29, 1.82) is 0 Å². The molecule has 15 heavy (non-hydrogen) atoms. The number of aliphatic hydroxyl groups is 1. The van der Waals surface area contributed by atoms with Crippen LogP contribution in [-0.4, -0.2) is 35.7 Å².